The van der Waals surface area contributed by atoms with Gasteiger partial charge < -0.3 is 19.7 Å². The fourth-order valence-corrected chi connectivity index (χ4v) is 3.53. The molecule has 1 unspecified atom stereocenters. The van der Waals surface area contributed by atoms with Crippen molar-refractivity contribution in [3.63, 3.8) is 0 Å². The molecule has 4 rings (SSSR count). The third-order valence-electron chi connectivity index (χ3n) is 4.22. The minimum atomic E-state index is -4.56. The third kappa shape index (κ3) is 5.35. The van der Waals surface area contributed by atoms with Crippen molar-refractivity contribution in [1.82, 2.24) is 30.1 Å². The Morgan fingerprint density at radius 2 is 1.79 bits per heavy atom. The molecule has 10 nitrogen and oxygen atoms in total. The number of anilines is 3. The smallest absolute Gasteiger partial charge is 0.433 e. The predicted molar refractivity (Wildman–Crippen MR) is 113 cm³/mol. The summed E-state index contributed by atoms with van der Waals surface area (Å²) in [6.07, 6.45) is -3.37. The molecule has 4 aromatic rings. The lowest BCUT2D eigenvalue weighted by molar-refractivity contribution is -0.106. The largest absolute Gasteiger partial charge is 0.610 e. The second-order valence-corrected chi connectivity index (χ2v) is 8.02. The van der Waals surface area contributed by atoms with E-state index in [1.165, 1.54) is 18.3 Å². The molecule has 0 spiro atoms. The zero-order valence-electron chi connectivity index (χ0n) is 16.9. The Balaban J connectivity index is 1.57. The van der Waals surface area contributed by atoms with Crippen LogP contribution in [-0.2, 0) is 11.2 Å². The monoisotopic (exact) mass is 476 g/mol. The van der Waals surface area contributed by atoms with E-state index in [9.17, 15) is 17.7 Å². The lowest BCUT2D eigenvalue weighted by Crippen LogP contribution is -2.23. The van der Waals surface area contributed by atoms with E-state index in [0.717, 1.165) is 5.69 Å². The number of benzene rings is 1. The highest BCUT2D eigenvalue weighted by Crippen LogP contribution is 2.26. The van der Waals surface area contributed by atoms with Crippen LogP contribution in [0.25, 0.3) is 23.1 Å². The molecule has 0 amide bonds. The van der Waals surface area contributed by atoms with Crippen molar-refractivity contribution in [3.05, 3.63) is 48.7 Å². The molecule has 0 saturated heterocycles. The molecule has 170 valence electrons. The van der Waals surface area contributed by atoms with Gasteiger partial charge in [0.25, 0.3) is 5.89 Å². The summed E-state index contributed by atoms with van der Waals surface area (Å²) in [6.45, 7) is 0. The first-order valence-electron chi connectivity index (χ1n) is 9.25. The van der Waals surface area contributed by atoms with E-state index >= 15 is 0 Å². The van der Waals surface area contributed by atoms with Gasteiger partial charge in [-0.15, -0.1) is 0 Å². The van der Waals surface area contributed by atoms with Crippen molar-refractivity contribution in [2.45, 2.75) is 11.2 Å². The molecule has 0 saturated carbocycles. The fraction of sp³-hybridized carbons (Fsp3) is 0.158. The molecule has 1 aromatic carbocycles. The molecule has 0 radical (unpaired) electrons. The van der Waals surface area contributed by atoms with E-state index in [0.29, 0.717) is 5.56 Å². The van der Waals surface area contributed by atoms with E-state index in [-0.39, 0.29) is 34.5 Å². The number of alkyl halides is 3. The summed E-state index contributed by atoms with van der Waals surface area (Å²) in [5.41, 5.74) is 6.95. The van der Waals surface area contributed by atoms with Crippen LogP contribution in [0.3, 0.4) is 0 Å². The first-order valence-corrected chi connectivity index (χ1v) is 10.6. The quantitative estimate of drug-likeness (QED) is 0.413. The van der Waals surface area contributed by atoms with Gasteiger partial charge in [-0.3, -0.25) is 0 Å². The Hall–Kier alpha value is -3.78. The normalized spacial score (nSPS) is 12.5. The molecule has 33 heavy (non-hydrogen) atoms. The molecular weight excluding hydrogens is 461 g/mol. The zero-order chi connectivity index (χ0) is 23.6. The average molecular weight is 476 g/mol. The van der Waals surface area contributed by atoms with Crippen LogP contribution in [-0.4, -0.2) is 53.6 Å². The standard InChI is InChI=1S/C19H15F3N8O2S/c1-30(12-5-3-2-4-6-12)18-27-14(26-17(23)28-18)15-25-16(32-29-15)11-7-8-13(24-9-11)33(31)10-19(20,21)22/h2-9H,10H2,1H3,(H2,23,26,27,28). The maximum absolute atomic E-state index is 12.4. The molecule has 0 aliphatic heterocycles. The number of aromatic nitrogens is 6. The highest BCUT2D eigenvalue weighted by molar-refractivity contribution is 7.91. The summed E-state index contributed by atoms with van der Waals surface area (Å²) in [7, 11) is 1.76. The summed E-state index contributed by atoms with van der Waals surface area (Å²) >= 11 is -2.32. The Morgan fingerprint density at radius 1 is 1.03 bits per heavy atom. The van der Waals surface area contributed by atoms with Gasteiger partial charge in [-0.05, 0) is 18.2 Å². The summed E-state index contributed by atoms with van der Waals surface area (Å²) < 4.78 is 54.2. The molecule has 0 aliphatic rings. The molecule has 3 aromatic heterocycles. The van der Waals surface area contributed by atoms with Gasteiger partial charge >= 0.3 is 6.18 Å². The molecule has 3 heterocycles. The van der Waals surface area contributed by atoms with Gasteiger partial charge in [0.15, 0.2) is 0 Å². The Labute approximate surface area is 187 Å². The van der Waals surface area contributed by atoms with Crippen molar-refractivity contribution in [2.24, 2.45) is 0 Å². The molecule has 0 bridgehead atoms. The van der Waals surface area contributed by atoms with Crippen molar-refractivity contribution in [2.75, 3.05) is 23.4 Å². The second kappa shape index (κ2) is 8.99. The molecule has 14 heteroatoms. The van der Waals surface area contributed by atoms with Crippen molar-refractivity contribution >= 4 is 28.8 Å². The fourth-order valence-electron chi connectivity index (χ4n) is 2.69. The highest BCUT2D eigenvalue weighted by Gasteiger charge is 2.36. The molecule has 1 atom stereocenters. The van der Waals surface area contributed by atoms with Crippen molar-refractivity contribution < 1.29 is 22.2 Å². The number of hydrogen-bond acceptors (Lipinski definition) is 10. The first-order chi connectivity index (χ1) is 15.7. The minimum Gasteiger partial charge on any atom is -0.610 e. The molecular formula is C19H15F3N8O2S. The number of rotatable bonds is 6. The maximum Gasteiger partial charge on any atom is 0.433 e. The van der Waals surface area contributed by atoms with Gasteiger partial charge in [-0.2, -0.15) is 33.1 Å². The lowest BCUT2D eigenvalue weighted by Gasteiger charge is -2.17. The second-order valence-electron chi connectivity index (χ2n) is 6.63. The van der Waals surface area contributed by atoms with Gasteiger partial charge in [0.1, 0.15) is 0 Å². The van der Waals surface area contributed by atoms with Crippen LogP contribution in [0.4, 0.5) is 30.8 Å². The van der Waals surface area contributed by atoms with Crippen LogP contribution in [0.15, 0.2) is 58.2 Å². The number of nitrogens with zero attached hydrogens (tertiary/aromatic N) is 7. The Morgan fingerprint density at radius 3 is 2.45 bits per heavy atom. The highest BCUT2D eigenvalue weighted by atomic mass is 32.2. The van der Waals surface area contributed by atoms with Crippen LogP contribution in [0.1, 0.15) is 0 Å². The third-order valence-corrected chi connectivity index (χ3v) is 5.52. The lowest BCUT2D eigenvalue weighted by atomic mass is 10.3. The van der Waals surface area contributed by atoms with E-state index in [1.54, 1.807) is 11.9 Å². The van der Waals surface area contributed by atoms with Crippen LogP contribution in [0, 0.1) is 0 Å². The Bertz CT molecular complexity index is 1240. The van der Waals surface area contributed by atoms with Crippen LogP contribution in [0.5, 0.6) is 0 Å². The van der Waals surface area contributed by atoms with Gasteiger partial charge in [-0.25, -0.2) is 4.98 Å². The Kier molecular flexibility index (Phi) is 6.11. The zero-order valence-corrected chi connectivity index (χ0v) is 17.7. The van der Waals surface area contributed by atoms with Gasteiger partial charge in [-0.1, -0.05) is 23.4 Å². The van der Waals surface area contributed by atoms with Gasteiger partial charge in [0.2, 0.25) is 34.3 Å². The summed E-state index contributed by atoms with van der Waals surface area (Å²) in [6, 6.07) is 11.9. The number of nitrogen functional groups attached to an aromatic ring is 1. The summed E-state index contributed by atoms with van der Waals surface area (Å²) in [5, 5.41) is 3.62. The minimum absolute atomic E-state index is 0.0163. The topological polar surface area (TPSA) is 143 Å². The van der Waals surface area contributed by atoms with Gasteiger partial charge in [0.05, 0.1) is 5.56 Å². The number of hydrogen-bond donors (Lipinski definition) is 1. The van der Waals surface area contributed by atoms with Crippen LogP contribution in [0.2, 0.25) is 0 Å². The predicted octanol–water partition coefficient (Wildman–Crippen LogP) is 3.00. The number of halogens is 3. The first kappa shape index (κ1) is 22.4. The van der Waals surface area contributed by atoms with Crippen LogP contribution >= 0.6 is 0 Å². The molecule has 0 fully saturated rings. The van der Waals surface area contributed by atoms with Gasteiger partial charge in [0, 0.05) is 36.2 Å². The number of para-hydroxylation sites is 1. The summed E-state index contributed by atoms with van der Waals surface area (Å²) in [4.78, 5) is 22.2. The van der Waals surface area contributed by atoms with E-state index in [4.69, 9.17) is 10.3 Å². The molecule has 2 N–H and O–H groups in total. The molecule has 0 aliphatic carbocycles. The summed E-state index contributed by atoms with van der Waals surface area (Å²) in [5.74, 6) is -1.18. The van der Waals surface area contributed by atoms with Crippen molar-refractivity contribution in [3.8, 4) is 23.1 Å². The average Bonchev–Trinajstić information content (AvgIpc) is 3.28. The van der Waals surface area contributed by atoms with E-state index in [1.807, 2.05) is 30.3 Å². The SMILES string of the molecule is CN(c1ccccc1)c1nc(N)nc(-c2noc(-c3ccc([S+]([O-])CC(F)(F)F)nc3)n2)n1. The van der Waals surface area contributed by atoms with Crippen molar-refractivity contribution in [1.29, 1.82) is 0 Å². The number of pyridine rings is 1. The number of nitrogens with two attached hydrogens (primary N) is 1. The maximum atomic E-state index is 12.4. The van der Waals surface area contributed by atoms with E-state index in [2.05, 4.69) is 30.1 Å². The van der Waals surface area contributed by atoms with E-state index < -0.39 is 23.1 Å². The van der Waals surface area contributed by atoms with Crippen LogP contribution < -0.4 is 10.6 Å².